The summed E-state index contributed by atoms with van der Waals surface area (Å²) in [4.78, 5) is 0. The Morgan fingerprint density at radius 2 is 1.64 bits per heavy atom. The number of rotatable bonds is 9. The maximum atomic E-state index is 5.38. The number of ether oxygens (including phenoxy) is 2. The predicted molar refractivity (Wildman–Crippen MR) is 60.3 cm³/mol. The van der Waals surface area contributed by atoms with Crippen molar-refractivity contribution in [3.8, 4) is 0 Å². The molecular weight excluding hydrogens is 176 g/mol. The third-order valence-electron chi connectivity index (χ3n) is 1.93. The summed E-state index contributed by atoms with van der Waals surface area (Å²) in [5.74, 6) is 0. The van der Waals surface area contributed by atoms with Crippen molar-refractivity contribution < 1.29 is 9.47 Å². The molecule has 0 aliphatic carbocycles. The topological polar surface area (TPSA) is 18.5 Å². The molecule has 0 bridgehead atoms. The average Bonchev–Trinajstić information content (AvgIpc) is 2.18. The van der Waals surface area contributed by atoms with E-state index in [-0.39, 0.29) is 6.29 Å². The minimum Gasteiger partial charge on any atom is -0.349 e. The molecular formula is C12H24O2. The third kappa shape index (κ3) is 8.27. The number of hydrogen-bond donors (Lipinski definition) is 0. The van der Waals surface area contributed by atoms with Gasteiger partial charge in [0.1, 0.15) is 0 Å². The molecule has 0 aliphatic rings. The molecule has 0 saturated heterocycles. The first-order chi connectivity index (χ1) is 6.85. The summed E-state index contributed by atoms with van der Waals surface area (Å²) < 4.78 is 10.8. The van der Waals surface area contributed by atoms with Gasteiger partial charge in [0.25, 0.3) is 0 Å². The molecule has 0 amide bonds. The highest BCUT2D eigenvalue weighted by Crippen LogP contribution is 2.02. The lowest BCUT2D eigenvalue weighted by molar-refractivity contribution is -0.104. The van der Waals surface area contributed by atoms with Gasteiger partial charge in [0.2, 0.25) is 0 Å². The van der Waals surface area contributed by atoms with E-state index < -0.39 is 0 Å². The van der Waals surface area contributed by atoms with Crippen LogP contribution in [-0.4, -0.2) is 19.5 Å². The van der Waals surface area contributed by atoms with E-state index in [2.05, 4.69) is 13.0 Å². The summed E-state index contributed by atoms with van der Waals surface area (Å²) in [5, 5.41) is 0. The standard InChI is InChI=1S/C12H24O2/c1-4-7-8-9-10-11-12(13-5-2)14-6-3/h10-12H,4-9H2,1-3H3. The van der Waals surface area contributed by atoms with E-state index in [0.717, 1.165) is 6.42 Å². The monoisotopic (exact) mass is 200 g/mol. The van der Waals surface area contributed by atoms with Gasteiger partial charge >= 0.3 is 0 Å². The Bertz CT molecular complexity index is 126. The van der Waals surface area contributed by atoms with E-state index in [9.17, 15) is 0 Å². The lowest BCUT2D eigenvalue weighted by atomic mass is 10.2. The fourth-order valence-corrected chi connectivity index (χ4v) is 1.21. The Morgan fingerprint density at radius 3 is 2.14 bits per heavy atom. The molecule has 0 aromatic rings. The van der Waals surface area contributed by atoms with Gasteiger partial charge < -0.3 is 9.47 Å². The molecule has 14 heavy (non-hydrogen) atoms. The van der Waals surface area contributed by atoms with E-state index in [4.69, 9.17) is 9.47 Å². The van der Waals surface area contributed by atoms with Gasteiger partial charge in [0, 0.05) is 13.2 Å². The summed E-state index contributed by atoms with van der Waals surface area (Å²) >= 11 is 0. The van der Waals surface area contributed by atoms with Gasteiger partial charge in [-0.1, -0.05) is 25.8 Å². The second-order valence-electron chi connectivity index (χ2n) is 3.20. The Balaban J connectivity index is 3.55. The fourth-order valence-electron chi connectivity index (χ4n) is 1.21. The molecule has 0 N–H and O–H groups in total. The third-order valence-corrected chi connectivity index (χ3v) is 1.93. The molecule has 0 fully saturated rings. The van der Waals surface area contributed by atoms with Crippen molar-refractivity contribution in [1.82, 2.24) is 0 Å². The quantitative estimate of drug-likeness (QED) is 0.322. The van der Waals surface area contributed by atoms with Crippen LogP contribution < -0.4 is 0 Å². The molecule has 0 radical (unpaired) electrons. The number of allylic oxidation sites excluding steroid dienone is 1. The zero-order valence-corrected chi connectivity index (χ0v) is 9.79. The normalized spacial score (nSPS) is 11.7. The highest BCUT2D eigenvalue weighted by atomic mass is 16.7. The molecule has 84 valence electrons. The van der Waals surface area contributed by atoms with Crippen LogP contribution in [0, 0.1) is 0 Å². The molecule has 2 heteroatoms. The lowest BCUT2D eigenvalue weighted by Gasteiger charge is -2.12. The molecule has 0 rings (SSSR count). The molecule has 0 spiro atoms. The van der Waals surface area contributed by atoms with Gasteiger partial charge in [-0.15, -0.1) is 0 Å². The summed E-state index contributed by atoms with van der Waals surface area (Å²) in [5.41, 5.74) is 0. The first kappa shape index (κ1) is 13.7. The summed E-state index contributed by atoms with van der Waals surface area (Å²) in [7, 11) is 0. The van der Waals surface area contributed by atoms with Crippen LogP contribution >= 0.6 is 0 Å². The second kappa shape index (κ2) is 10.7. The lowest BCUT2D eigenvalue weighted by Crippen LogP contribution is -2.14. The van der Waals surface area contributed by atoms with Crippen molar-refractivity contribution in [2.45, 2.75) is 52.7 Å². The van der Waals surface area contributed by atoms with Crippen LogP contribution in [-0.2, 0) is 9.47 Å². The fraction of sp³-hybridized carbons (Fsp3) is 0.833. The first-order valence-corrected chi connectivity index (χ1v) is 5.74. The van der Waals surface area contributed by atoms with E-state index >= 15 is 0 Å². The second-order valence-corrected chi connectivity index (χ2v) is 3.20. The van der Waals surface area contributed by atoms with Crippen molar-refractivity contribution in [2.75, 3.05) is 13.2 Å². The van der Waals surface area contributed by atoms with Crippen LogP contribution in [0.15, 0.2) is 12.2 Å². The van der Waals surface area contributed by atoms with Crippen LogP contribution in [0.3, 0.4) is 0 Å². The van der Waals surface area contributed by atoms with Crippen molar-refractivity contribution in [1.29, 1.82) is 0 Å². The van der Waals surface area contributed by atoms with Crippen LogP contribution in [0.4, 0.5) is 0 Å². The summed E-state index contributed by atoms with van der Waals surface area (Å²) in [6.07, 6.45) is 9.00. The van der Waals surface area contributed by atoms with E-state index in [1.807, 2.05) is 19.9 Å². The van der Waals surface area contributed by atoms with Crippen LogP contribution in [0.2, 0.25) is 0 Å². The van der Waals surface area contributed by atoms with Gasteiger partial charge in [0.05, 0.1) is 0 Å². The van der Waals surface area contributed by atoms with Gasteiger partial charge in [-0.25, -0.2) is 0 Å². The maximum absolute atomic E-state index is 5.38. The Morgan fingerprint density at radius 1 is 1.00 bits per heavy atom. The predicted octanol–water partition coefficient (Wildman–Crippen LogP) is 3.52. The van der Waals surface area contributed by atoms with E-state index in [1.54, 1.807) is 0 Å². The van der Waals surface area contributed by atoms with E-state index in [0.29, 0.717) is 13.2 Å². The smallest absolute Gasteiger partial charge is 0.176 e. The minimum atomic E-state index is -0.147. The molecule has 0 aliphatic heterocycles. The molecule has 0 aromatic heterocycles. The summed E-state index contributed by atoms with van der Waals surface area (Å²) in [6, 6.07) is 0. The number of unbranched alkanes of at least 4 members (excludes halogenated alkanes) is 3. The van der Waals surface area contributed by atoms with Gasteiger partial charge in [-0.05, 0) is 32.8 Å². The zero-order chi connectivity index (χ0) is 10.6. The SMILES string of the molecule is CCCCCC=CC(OCC)OCC. The molecule has 2 nitrogen and oxygen atoms in total. The molecule has 0 heterocycles. The van der Waals surface area contributed by atoms with Crippen molar-refractivity contribution in [2.24, 2.45) is 0 Å². The van der Waals surface area contributed by atoms with E-state index in [1.165, 1.54) is 19.3 Å². The maximum Gasteiger partial charge on any atom is 0.176 e. The Kier molecular flexibility index (Phi) is 10.5. The van der Waals surface area contributed by atoms with Gasteiger partial charge in [0.15, 0.2) is 6.29 Å². The van der Waals surface area contributed by atoms with Crippen LogP contribution in [0.5, 0.6) is 0 Å². The van der Waals surface area contributed by atoms with Crippen molar-refractivity contribution >= 4 is 0 Å². The van der Waals surface area contributed by atoms with Crippen molar-refractivity contribution in [3.63, 3.8) is 0 Å². The van der Waals surface area contributed by atoms with Gasteiger partial charge in [-0.3, -0.25) is 0 Å². The molecule has 0 saturated carbocycles. The average molecular weight is 200 g/mol. The van der Waals surface area contributed by atoms with Crippen LogP contribution in [0.1, 0.15) is 46.5 Å². The Hall–Kier alpha value is -0.340. The summed E-state index contributed by atoms with van der Waals surface area (Å²) in [6.45, 7) is 7.58. The number of hydrogen-bond acceptors (Lipinski definition) is 2. The Labute approximate surface area is 88.3 Å². The largest absolute Gasteiger partial charge is 0.349 e. The van der Waals surface area contributed by atoms with Crippen LogP contribution in [0.25, 0.3) is 0 Å². The molecule has 0 aromatic carbocycles. The highest BCUT2D eigenvalue weighted by molar-refractivity contribution is 4.85. The van der Waals surface area contributed by atoms with Crippen molar-refractivity contribution in [3.05, 3.63) is 12.2 Å². The minimum absolute atomic E-state index is 0.147. The first-order valence-electron chi connectivity index (χ1n) is 5.74. The zero-order valence-electron chi connectivity index (χ0n) is 9.79. The molecule has 0 unspecified atom stereocenters. The molecule has 0 atom stereocenters. The highest BCUT2D eigenvalue weighted by Gasteiger charge is 2.00. The van der Waals surface area contributed by atoms with Gasteiger partial charge in [-0.2, -0.15) is 0 Å².